The Kier molecular flexibility index (Phi) is 6.51. The van der Waals surface area contributed by atoms with Crippen molar-refractivity contribution in [3.8, 4) is 0 Å². The molecule has 0 N–H and O–H groups in total. The van der Waals surface area contributed by atoms with Crippen LogP contribution in [0, 0.1) is 11.8 Å². The molecule has 0 nitrogen and oxygen atoms in total. The van der Waals surface area contributed by atoms with Gasteiger partial charge in [-0.3, -0.25) is 0 Å². The smallest absolute Gasteiger partial charge is 0.0300 e. The fourth-order valence-electron chi connectivity index (χ4n) is 1.48. The molecule has 1 radical (unpaired) electrons. The maximum atomic E-state index is 2.37. The first-order valence-corrected chi connectivity index (χ1v) is 5.49. The molecule has 0 aliphatic carbocycles. The van der Waals surface area contributed by atoms with Gasteiger partial charge in [-0.2, -0.15) is 0 Å². The highest BCUT2D eigenvalue weighted by molar-refractivity contribution is 4.83. The molecule has 0 aliphatic heterocycles. The summed E-state index contributed by atoms with van der Waals surface area (Å²) in [5.74, 6) is 0. The highest BCUT2D eigenvalue weighted by atomic mass is 14.2. The van der Waals surface area contributed by atoms with Crippen molar-refractivity contribution >= 4 is 0 Å². The lowest BCUT2D eigenvalue weighted by atomic mass is 9.80. The quantitative estimate of drug-likeness (QED) is 0.489. The molecule has 0 aromatic heterocycles. The summed E-state index contributed by atoms with van der Waals surface area (Å²) in [6.45, 7) is 9.13. The number of rotatable bonds is 7. The zero-order valence-electron chi connectivity index (χ0n) is 9.32. The standard InChI is InChI=1S/C12H25/c1-5-8-9-10-11-12(4,6-2)7-3/h6H,5,7-11H2,1-4H3. The van der Waals surface area contributed by atoms with Crippen molar-refractivity contribution in [3.63, 3.8) is 0 Å². The van der Waals surface area contributed by atoms with Crippen molar-refractivity contribution in [1.29, 1.82) is 0 Å². The summed E-state index contributed by atoms with van der Waals surface area (Å²) < 4.78 is 0. The highest BCUT2D eigenvalue weighted by Gasteiger charge is 2.18. The van der Waals surface area contributed by atoms with E-state index >= 15 is 0 Å². The number of unbranched alkanes of at least 4 members (excludes halogenated alkanes) is 3. The normalized spacial score (nSPS) is 12.0. The van der Waals surface area contributed by atoms with Gasteiger partial charge in [0.15, 0.2) is 0 Å². The van der Waals surface area contributed by atoms with Gasteiger partial charge in [0.2, 0.25) is 0 Å². The van der Waals surface area contributed by atoms with E-state index in [0.29, 0.717) is 5.41 Å². The van der Waals surface area contributed by atoms with Crippen molar-refractivity contribution in [2.45, 2.75) is 66.2 Å². The molecular weight excluding hydrogens is 144 g/mol. The maximum Gasteiger partial charge on any atom is -0.0300 e. The molecule has 0 spiro atoms. The van der Waals surface area contributed by atoms with Crippen LogP contribution in [0.25, 0.3) is 0 Å². The molecule has 0 heterocycles. The highest BCUT2D eigenvalue weighted by Crippen LogP contribution is 2.30. The lowest BCUT2D eigenvalue weighted by Crippen LogP contribution is -2.13. The average Bonchev–Trinajstić information content (AvgIpc) is 2.12. The molecule has 1 unspecified atom stereocenters. The molecule has 0 aromatic rings. The summed E-state index contributed by atoms with van der Waals surface area (Å²) in [5, 5.41) is 0. The predicted octanol–water partition coefficient (Wildman–Crippen LogP) is 4.60. The largest absolute Gasteiger partial charge is 0.0654 e. The Morgan fingerprint density at radius 2 is 1.75 bits per heavy atom. The molecule has 12 heavy (non-hydrogen) atoms. The van der Waals surface area contributed by atoms with Crippen molar-refractivity contribution < 1.29 is 0 Å². The lowest BCUT2D eigenvalue weighted by molar-refractivity contribution is 0.328. The van der Waals surface area contributed by atoms with Gasteiger partial charge in [0.05, 0.1) is 0 Å². The van der Waals surface area contributed by atoms with Crippen LogP contribution in [0.2, 0.25) is 0 Å². The fourth-order valence-corrected chi connectivity index (χ4v) is 1.48. The van der Waals surface area contributed by atoms with Crippen LogP contribution in [0.1, 0.15) is 66.2 Å². The minimum absolute atomic E-state index is 0.508. The van der Waals surface area contributed by atoms with E-state index < -0.39 is 0 Å². The van der Waals surface area contributed by atoms with Crippen molar-refractivity contribution in [1.82, 2.24) is 0 Å². The third-order valence-electron chi connectivity index (χ3n) is 3.11. The minimum atomic E-state index is 0.508. The van der Waals surface area contributed by atoms with Gasteiger partial charge >= 0.3 is 0 Å². The monoisotopic (exact) mass is 169 g/mol. The molecule has 0 saturated carbocycles. The van der Waals surface area contributed by atoms with Crippen LogP contribution in [0.4, 0.5) is 0 Å². The van der Waals surface area contributed by atoms with E-state index in [1.165, 1.54) is 38.5 Å². The number of hydrogen-bond acceptors (Lipinski definition) is 0. The second-order valence-corrected chi connectivity index (χ2v) is 4.11. The summed E-state index contributed by atoms with van der Waals surface area (Å²) in [7, 11) is 0. The summed E-state index contributed by atoms with van der Waals surface area (Å²) in [6.07, 6.45) is 10.6. The Morgan fingerprint density at radius 3 is 2.17 bits per heavy atom. The summed E-state index contributed by atoms with van der Waals surface area (Å²) in [5.41, 5.74) is 0.508. The third-order valence-corrected chi connectivity index (χ3v) is 3.11. The molecule has 0 aromatic carbocycles. The first-order valence-electron chi connectivity index (χ1n) is 5.49. The van der Waals surface area contributed by atoms with E-state index in [1.807, 2.05) is 0 Å². The van der Waals surface area contributed by atoms with E-state index in [-0.39, 0.29) is 0 Å². The van der Waals surface area contributed by atoms with Crippen LogP contribution >= 0.6 is 0 Å². The van der Waals surface area contributed by atoms with Crippen molar-refractivity contribution in [3.05, 3.63) is 6.42 Å². The SMILES string of the molecule is C[CH]C(C)(CC)CCCCCC. The predicted molar refractivity (Wildman–Crippen MR) is 57.1 cm³/mol. The molecule has 0 aliphatic rings. The van der Waals surface area contributed by atoms with Gasteiger partial charge in [0.25, 0.3) is 0 Å². The van der Waals surface area contributed by atoms with Gasteiger partial charge in [0, 0.05) is 0 Å². The second-order valence-electron chi connectivity index (χ2n) is 4.11. The fraction of sp³-hybridized carbons (Fsp3) is 0.917. The first kappa shape index (κ1) is 12.0. The zero-order chi connectivity index (χ0) is 9.45. The Hall–Kier alpha value is 0. The van der Waals surface area contributed by atoms with E-state index in [4.69, 9.17) is 0 Å². The molecular formula is C12H25. The van der Waals surface area contributed by atoms with Gasteiger partial charge < -0.3 is 0 Å². The van der Waals surface area contributed by atoms with Crippen molar-refractivity contribution in [2.24, 2.45) is 5.41 Å². The molecule has 0 fully saturated rings. The molecule has 0 amide bonds. The summed E-state index contributed by atoms with van der Waals surface area (Å²) in [4.78, 5) is 0. The molecule has 0 rings (SSSR count). The Bertz CT molecular complexity index is 90.2. The van der Waals surface area contributed by atoms with Crippen LogP contribution in [0.3, 0.4) is 0 Å². The molecule has 0 bridgehead atoms. The second kappa shape index (κ2) is 6.51. The van der Waals surface area contributed by atoms with Crippen LogP contribution in [0.5, 0.6) is 0 Å². The Morgan fingerprint density at radius 1 is 1.08 bits per heavy atom. The zero-order valence-corrected chi connectivity index (χ0v) is 9.32. The molecule has 73 valence electrons. The summed E-state index contributed by atoms with van der Waals surface area (Å²) >= 11 is 0. The van der Waals surface area contributed by atoms with Crippen LogP contribution < -0.4 is 0 Å². The van der Waals surface area contributed by atoms with E-state index in [1.54, 1.807) is 0 Å². The molecule has 0 saturated heterocycles. The van der Waals surface area contributed by atoms with E-state index in [9.17, 15) is 0 Å². The van der Waals surface area contributed by atoms with Crippen LogP contribution in [0.15, 0.2) is 0 Å². The first-order chi connectivity index (χ1) is 5.68. The van der Waals surface area contributed by atoms with Gasteiger partial charge in [0.1, 0.15) is 0 Å². The average molecular weight is 169 g/mol. The van der Waals surface area contributed by atoms with Crippen LogP contribution in [-0.4, -0.2) is 0 Å². The van der Waals surface area contributed by atoms with Crippen molar-refractivity contribution in [2.75, 3.05) is 0 Å². The Balaban J connectivity index is 3.45. The summed E-state index contributed by atoms with van der Waals surface area (Å²) in [6, 6.07) is 0. The van der Waals surface area contributed by atoms with Gasteiger partial charge in [-0.1, -0.05) is 59.8 Å². The topological polar surface area (TPSA) is 0 Å². The molecule has 1 atom stereocenters. The van der Waals surface area contributed by atoms with E-state index in [2.05, 4.69) is 34.1 Å². The Labute approximate surface area is 78.8 Å². The van der Waals surface area contributed by atoms with E-state index in [0.717, 1.165) is 0 Å². The van der Waals surface area contributed by atoms with Gasteiger partial charge in [-0.05, 0) is 18.3 Å². The lowest BCUT2D eigenvalue weighted by Gasteiger charge is -2.26. The van der Waals surface area contributed by atoms with Gasteiger partial charge in [-0.15, -0.1) is 0 Å². The maximum absolute atomic E-state index is 2.37. The third kappa shape index (κ3) is 4.79. The molecule has 0 heteroatoms. The minimum Gasteiger partial charge on any atom is -0.0654 e. The van der Waals surface area contributed by atoms with Gasteiger partial charge in [-0.25, -0.2) is 0 Å². The van der Waals surface area contributed by atoms with Crippen LogP contribution in [-0.2, 0) is 0 Å². The number of hydrogen-bond donors (Lipinski definition) is 0.